The Labute approximate surface area is 191 Å². The van der Waals surface area contributed by atoms with Crippen LogP contribution < -0.4 is 4.90 Å². The largest absolute Gasteiger partial charge is 0.347 e. The zero-order chi connectivity index (χ0) is 23.1. The number of carbonyl (C=O) groups is 1. The third-order valence-corrected chi connectivity index (χ3v) is 6.01. The zero-order valence-corrected chi connectivity index (χ0v) is 18.9. The lowest BCUT2D eigenvalue weighted by atomic mass is 9.99. The number of anilines is 1. The van der Waals surface area contributed by atoms with Crippen molar-refractivity contribution in [2.24, 2.45) is 0 Å². The van der Waals surface area contributed by atoms with E-state index in [1.54, 1.807) is 18.5 Å². The fourth-order valence-electron chi connectivity index (χ4n) is 4.36. The first kappa shape index (κ1) is 21.1. The maximum Gasteiger partial charge on any atom is 0.274 e. The standard InChI is InChI=1S/C25H25FN6O/c1-16-9-11-31-15-20(28-22(31)12-16)24(33)32-10-5-8-21(32)23-19(14-27-25(29-23)30(2)3)17-6-4-7-18(26)13-17/h4,6-7,9,11-15,21H,5,8,10H2,1-3H3. The topological polar surface area (TPSA) is 66.6 Å². The van der Waals surface area contributed by atoms with E-state index in [0.29, 0.717) is 23.8 Å². The summed E-state index contributed by atoms with van der Waals surface area (Å²) in [7, 11) is 3.74. The van der Waals surface area contributed by atoms with Crippen LogP contribution in [0.2, 0.25) is 0 Å². The number of hydrogen-bond donors (Lipinski definition) is 0. The number of aromatic nitrogens is 4. The van der Waals surface area contributed by atoms with E-state index in [1.165, 1.54) is 12.1 Å². The van der Waals surface area contributed by atoms with Gasteiger partial charge in [0.1, 0.15) is 17.2 Å². The smallest absolute Gasteiger partial charge is 0.274 e. The van der Waals surface area contributed by atoms with Gasteiger partial charge in [-0.25, -0.2) is 19.3 Å². The van der Waals surface area contributed by atoms with Crippen molar-refractivity contribution in [3.8, 4) is 11.1 Å². The summed E-state index contributed by atoms with van der Waals surface area (Å²) in [6.45, 7) is 2.61. The maximum absolute atomic E-state index is 14.0. The van der Waals surface area contributed by atoms with Gasteiger partial charge in [0.25, 0.3) is 5.91 Å². The third-order valence-electron chi connectivity index (χ3n) is 6.01. The first-order valence-corrected chi connectivity index (χ1v) is 11.0. The van der Waals surface area contributed by atoms with Gasteiger partial charge >= 0.3 is 0 Å². The second-order valence-corrected chi connectivity index (χ2v) is 8.63. The quantitative estimate of drug-likeness (QED) is 0.470. The van der Waals surface area contributed by atoms with Crippen LogP contribution in [-0.2, 0) is 0 Å². The van der Waals surface area contributed by atoms with Crippen LogP contribution in [0.1, 0.15) is 40.6 Å². The van der Waals surface area contributed by atoms with Gasteiger partial charge < -0.3 is 14.2 Å². The molecule has 1 saturated heterocycles. The van der Waals surface area contributed by atoms with Crippen molar-refractivity contribution in [1.82, 2.24) is 24.3 Å². The minimum Gasteiger partial charge on any atom is -0.347 e. The van der Waals surface area contributed by atoms with Crippen molar-refractivity contribution in [2.45, 2.75) is 25.8 Å². The van der Waals surface area contributed by atoms with Crippen molar-refractivity contribution < 1.29 is 9.18 Å². The summed E-state index contributed by atoms with van der Waals surface area (Å²) < 4.78 is 15.9. The molecule has 8 heteroatoms. The molecule has 3 aromatic heterocycles. The van der Waals surface area contributed by atoms with E-state index in [2.05, 4.69) is 9.97 Å². The van der Waals surface area contributed by atoms with Crippen LogP contribution >= 0.6 is 0 Å². The Morgan fingerprint density at radius 2 is 2.03 bits per heavy atom. The second-order valence-electron chi connectivity index (χ2n) is 8.63. The Bertz CT molecular complexity index is 1350. The molecule has 33 heavy (non-hydrogen) atoms. The van der Waals surface area contributed by atoms with Crippen LogP contribution in [0.4, 0.5) is 10.3 Å². The third kappa shape index (κ3) is 3.92. The van der Waals surface area contributed by atoms with Gasteiger partial charge in [-0.15, -0.1) is 0 Å². The highest BCUT2D eigenvalue weighted by molar-refractivity contribution is 5.93. The molecule has 0 radical (unpaired) electrons. The Balaban J connectivity index is 1.57. The maximum atomic E-state index is 14.0. The molecule has 0 saturated carbocycles. The number of rotatable bonds is 4. The fraction of sp³-hybridized carbons (Fsp3) is 0.280. The molecule has 1 aliphatic heterocycles. The highest BCUT2D eigenvalue weighted by atomic mass is 19.1. The Morgan fingerprint density at radius 3 is 2.82 bits per heavy atom. The molecular formula is C25H25FN6O. The molecule has 0 aliphatic carbocycles. The molecule has 0 N–H and O–H groups in total. The van der Waals surface area contributed by atoms with Gasteiger partial charge in [0.2, 0.25) is 5.95 Å². The van der Waals surface area contributed by atoms with Crippen LogP contribution in [0.5, 0.6) is 0 Å². The Kier molecular flexibility index (Phi) is 5.28. The molecule has 0 bridgehead atoms. The van der Waals surface area contributed by atoms with Gasteiger partial charge in [-0.3, -0.25) is 4.79 Å². The molecule has 7 nitrogen and oxygen atoms in total. The molecule has 5 rings (SSSR count). The van der Waals surface area contributed by atoms with Gasteiger partial charge in [-0.2, -0.15) is 0 Å². The van der Waals surface area contributed by atoms with Crippen molar-refractivity contribution in [2.75, 3.05) is 25.5 Å². The molecule has 4 heterocycles. The molecule has 168 valence electrons. The lowest BCUT2D eigenvalue weighted by Crippen LogP contribution is -2.32. The molecule has 4 aromatic rings. The number of pyridine rings is 1. The molecule has 1 aromatic carbocycles. The summed E-state index contributed by atoms with van der Waals surface area (Å²) in [6.07, 6.45) is 7.02. The van der Waals surface area contributed by atoms with Crippen LogP contribution in [0.15, 0.2) is 55.0 Å². The molecule has 1 amide bonds. The molecule has 1 atom stereocenters. The van der Waals surface area contributed by atoms with Gasteiger partial charge in [0, 0.05) is 44.8 Å². The van der Waals surface area contributed by atoms with Crippen LogP contribution in [0.25, 0.3) is 16.8 Å². The molecule has 1 fully saturated rings. The van der Waals surface area contributed by atoms with Crippen LogP contribution in [-0.4, -0.2) is 50.8 Å². The van der Waals surface area contributed by atoms with Gasteiger partial charge in [-0.1, -0.05) is 12.1 Å². The lowest BCUT2D eigenvalue weighted by molar-refractivity contribution is 0.0728. The van der Waals surface area contributed by atoms with Gasteiger partial charge in [0.05, 0.1) is 11.7 Å². The summed E-state index contributed by atoms with van der Waals surface area (Å²) in [4.78, 5) is 31.0. The molecular weight excluding hydrogens is 419 g/mol. The SMILES string of the molecule is Cc1ccn2cc(C(=O)N3CCCC3c3nc(N(C)C)ncc3-c3cccc(F)c3)nc2c1. The van der Waals surface area contributed by atoms with Gasteiger partial charge in [-0.05, 0) is 55.2 Å². The molecule has 1 unspecified atom stereocenters. The first-order valence-electron chi connectivity index (χ1n) is 11.0. The molecule has 0 spiro atoms. The fourth-order valence-corrected chi connectivity index (χ4v) is 4.36. The number of halogens is 1. The minimum absolute atomic E-state index is 0.130. The first-order chi connectivity index (χ1) is 15.9. The average Bonchev–Trinajstić information content (AvgIpc) is 3.45. The highest BCUT2D eigenvalue weighted by Crippen LogP contribution is 2.38. The lowest BCUT2D eigenvalue weighted by Gasteiger charge is -2.26. The van der Waals surface area contributed by atoms with E-state index in [-0.39, 0.29) is 17.8 Å². The van der Waals surface area contributed by atoms with Crippen molar-refractivity contribution >= 4 is 17.5 Å². The number of likely N-dealkylation sites (tertiary alicyclic amines) is 1. The number of aryl methyl sites for hydroxylation is 1. The van der Waals surface area contributed by atoms with E-state index in [1.807, 2.05) is 59.6 Å². The number of benzene rings is 1. The number of imidazole rings is 1. The number of nitrogens with zero attached hydrogens (tertiary/aromatic N) is 6. The number of fused-ring (bicyclic) bond motifs is 1. The molecule has 1 aliphatic rings. The number of hydrogen-bond acceptors (Lipinski definition) is 5. The number of amides is 1. The van der Waals surface area contributed by atoms with Crippen LogP contribution in [0, 0.1) is 12.7 Å². The minimum atomic E-state index is -0.325. The predicted octanol–water partition coefficient (Wildman–Crippen LogP) is 4.28. The highest BCUT2D eigenvalue weighted by Gasteiger charge is 2.35. The Morgan fingerprint density at radius 1 is 1.18 bits per heavy atom. The second kappa shape index (κ2) is 8.27. The monoisotopic (exact) mass is 444 g/mol. The van der Waals surface area contributed by atoms with E-state index in [4.69, 9.17) is 4.98 Å². The van der Waals surface area contributed by atoms with Crippen molar-refractivity contribution in [3.63, 3.8) is 0 Å². The van der Waals surface area contributed by atoms with E-state index in [9.17, 15) is 9.18 Å². The van der Waals surface area contributed by atoms with Crippen molar-refractivity contribution in [1.29, 1.82) is 0 Å². The summed E-state index contributed by atoms with van der Waals surface area (Å²) in [5.41, 5.74) is 4.38. The predicted molar refractivity (Wildman–Crippen MR) is 125 cm³/mol. The van der Waals surface area contributed by atoms with Crippen LogP contribution in [0.3, 0.4) is 0 Å². The van der Waals surface area contributed by atoms with E-state index >= 15 is 0 Å². The van der Waals surface area contributed by atoms with E-state index < -0.39 is 0 Å². The Hall–Kier alpha value is -3.81. The van der Waals surface area contributed by atoms with Crippen molar-refractivity contribution in [3.05, 3.63) is 77.8 Å². The number of carbonyl (C=O) groups excluding carboxylic acids is 1. The average molecular weight is 445 g/mol. The van der Waals surface area contributed by atoms with Gasteiger partial charge in [0.15, 0.2) is 0 Å². The zero-order valence-electron chi connectivity index (χ0n) is 18.9. The normalized spacial score (nSPS) is 15.9. The van der Waals surface area contributed by atoms with E-state index in [0.717, 1.165) is 35.3 Å². The summed E-state index contributed by atoms with van der Waals surface area (Å²) >= 11 is 0. The summed E-state index contributed by atoms with van der Waals surface area (Å²) in [6, 6.07) is 10.1. The summed E-state index contributed by atoms with van der Waals surface area (Å²) in [5.74, 6) is 0.0937. The summed E-state index contributed by atoms with van der Waals surface area (Å²) in [5, 5.41) is 0.